The molecular weight excluding hydrogens is 278 g/mol. The number of carbonyl (C=O) groups excluding carboxylic acids is 1. The first-order valence-electron chi connectivity index (χ1n) is 6.01. The fraction of sp³-hybridized carbons (Fsp3) is 0.500. The van der Waals surface area contributed by atoms with Gasteiger partial charge < -0.3 is 4.90 Å². The Bertz CT molecular complexity index is 418. The van der Waals surface area contributed by atoms with Gasteiger partial charge in [0.15, 0.2) is 6.29 Å². The van der Waals surface area contributed by atoms with Crippen LogP contribution >= 0.6 is 15.9 Å². The minimum Gasteiger partial charge on any atom is -0.371 e. The molecule has 1 heterocycles. The molecule has 1 aliphatic heterocycles. The minimum atomic E-state index is 0.434. The first-order chi connectivity index (χ1) is 8.02. The number of piperidine rings is 1. The number of anilines is 1. The molecule has 0 atom stereocenters. The average molecular weight is 296 g/mol. The second-order valence-corrected chi connectivity index (χ2v) is 6.39. The van der Waals surface area contributed by atoms with Crippen molar-refractivity contribution in [3.8, 4) is 0 Å². The molecule has 92 valence electrons. The largest absolute Gasteiger partial charge is 0.371 e. The summed E-state index contributed by atoms with van der Waals surface area (Å²) in [5, 5.41) is 0. The molecule has 17 heavy (non-hydrogen) atoms. The molecule has 0 spiro atoms. The summed E-state index contributed by atoms with van der Waals surface area (Å²) in [5.74, 6) is 0. The van der Waals surface area contributed by atoms with Crippen LogP contribution in [0.15, 0.2) is 22.7 Å². The van der Waals surface area contributed by atoms with Gasteiger partial charge in [0.25, 0.3) is 0 Å². The smallest absolute Gasteiger partial charge is 0.152 e. The molecule has 1 aromatic rings. The lowest BCUT2D eigenvalue weighted by Gasteiger charge is -2.38. The molecule has 3 heteroatoms. The van der Waals surface area contributed by atoms with E-state index in [0.717, 1.165) is 35.1 Å². The molecule has 0 unspecified atom stereocenters. The molecule has 1 saturated heterocycles. The Kier molecular flexibility index (Phi) is 3.57. The number of rotatable bonds is 2. The first-order valence-corrected chi connectivity index (χ1v) is 6.81. The highest BCUT2D eigenvalue weighted by Crippen LogP contribution is 2.34. The number of carbonyl (C=O) groups is 1. The van der Waals surface area contributed by atoms with Crippen LogP contribution in [0, 0.1) is 5.41 Å². The summed E-state index contributed by atoms with van der Waals surface area (Å²) < 4.78 is 1.03. The SMILES string of the molecule is CC1(C)CCN(c2cc(Br)ccc2C=O)CC1. The van der Waals surface area contributed by atoms with Crippen molar-refractivity contribution in [1.29, 1.82) is 0 Å². The molecule has 0 amide bonds. The number of benzene rings is 1. The van der Waals surface area contributed by atoms with E-state index in [1.807, 2.05) is 18.2 Å². The lowest BCUT2D eigenvalue weighted by molar-refractivity contribution is 0.112. The fourth-order valence-corrected chi connectivity index (χ4v) is 2.59. The van der Waals surface area contributed by atoms with E-state index < -0.39 is 0 Å². The molecule has 0 aliphatic carbocycles. The minimum absolute atomic E-state index is 0.434. The van der Waals surface area contributed by atoms with Gasteiger partial charge in [0.1, 0.15) is 0 Å². The molecular formula is C14H18BrNO. The van der Waals surface area contributed by atoms with Crippen LogP contribution in [-0.4, -0.2) is 19.4 Å². The summed E-state index contributed by atoms with van der Waals surface area (Å²) >= 11 is 3.47. The maximum absolute atomic E-state index is 11.1. The molecule has 1 fully saturated rings. The Morgan fingerprint density at radius 2 is 1.94 bits per heavy atom. The van der Waals surface area contributed by atoms with E-state index in [9.17, 15) is 4.79 Å². The third-order valence-corrected chi connectivity index (χ3v) is 4.07. The van der Waals surface area contributed by atoms with Gasteiger partial charge in [0, 0.05) is 28.8 Å². The van der Waals surface area contributed by atoms with Crippen LogP contribution in [0.5, 0.6) is 0 Å². The molecule has 2 rings (SSSR count). The van der Waals surface area contributed by atoms with Gasteiger partial charge >= 0.3 is 0 Å². The van der Waals surface area contributed by atoms with Crippen LogP contribution in [0.4, 0.5) is 5.69 Å². The van der Waals surface area contributed by atoms with E-state index in [-0.39, 0.29) is 0 Å². The summed E-state index contributed by atoms with van der Waals surface area (Å²) in [6.45, 7) is 6.69. The number of nitrogens with zero attached hydrogens (tertiary/aromatic N) is 1. The monoisotopic (exact) mass is 295 g/mol. The lowest BCUT2D eigenvalue weighted by atomic mass is 9.82. The van der Waals surface area contributed by atoms with Crippen molar-refractivity contribution < 1.29 is 4.79 Å². The van der Waals surface area contributed by atoms with Crippen molar-refractivity contribution in [1.82, 2.24) is 0 Å². The van der Waals surface area contributed by atoms with Gasteiger partial charge in [-0.1, -0.05) is 29.8 Å². The Morgan fingerprint density at radius 3 is 2.53 bits per heavy atom. The standard InChI is InChI=1S/C14H18BrNO/c1-14(2)5-7-16(8-6-14)13-9-12(15)4-3-11(13)10-17/h3-4,9-10H,5-8H2,1-2H3. The second kappa shape index (κ2) is 4.81. The highest BCUT2D eigenvalue weighted by Gasteiger charge is 2.26. The van der Waals surface area contributed by atoms with Crippen LogP contribution in [0.25, 0.3) is 0 Å². The van der Waals surface area contributed by atoms with Gasteiger partial charge in [-0.3, -0.25) is 4.79 Å². The van der Waals surface area contributed by atoms with Crippen LogP contribution in [-0.2, 0) is 0 Å². The number of hydrogen-bond acceptors (Lipinski definition) is 2. The molecule has 2 nitrogen and oxygen atoms in total. The van der Waals surface area contributed by atoms with Gasteiger partial charge in [0.2, 0.25) is 0 Å². The summed E-state index contributed by atoms with van der Waals surface area (Å²) in [5.41, 5.74) is 2.28. The average Bonchev–Trinajstić information content (AvgIpc) is 2.29. The fourth-order valence-electron chi connectivity index (χ4n) is 2.24. The van der Waals surface area contributed by atoms with Crippen molar-refractivity contribution in [2.75, 3.05) is 18.0 Å². The molecule has 1 aliphatic rings. The zero-order valence-corrected chi connectivity index (χ0v) is 12.0. The van der Waals surface area contributed by atoms with Crippen molar-refractivity contribution in [3.63, 3.8) is 0 Å². The van der Waals surface area contributed by atoms with Crippen LogP contribution in [0.2, 0.25) is 0 Å². The van der Waals surface area contributed by atoms with E-state index in [0.29, 0.717) is 5.41 Å². The Hall–Kier alpha value is -0.830. The molecule has 0 radical (unpaired) electrons. The van der Waals surface area contributed by atoms with Crippen LogP contribution < -0.4 is 4.90 Å². The van der Waals surface area contributed by atoms with Gasteiger partial charge in [0.05, 0.1) is 0 Å². The molecule has 0 aromatic heterocycles. The predicted octanol–water partition coefficient (Wildman–Crippen LogP) is 3.89. The second-order valence-electron chi connectivity index (χ2n) is 5.47. The van der Waals surface area contributed by atoms with Gasteiger partial charge in [-0.15, -0.1) is 0 Å². The number of halogens is 1. The number of hydrogen-bond donors (Lipinski definition) is 0. The lowest BCUT2D eigenvalue weighted by Crippen LogP contribution is -2.37. The molecule has 0 bridgehead atoms. The third-order valence-electron chi connectivity index (χ3n) is 3.58. The molecule has 0 N–H and O–H groups in total. The molecule has 1 aromatic carbocycles. The van der Waals surface area contributed by atoms with E-state index in [1.165, 1.54) is 12.8 Å². The van der Waals surface area contributed by atoms with Gasteiger partial charge in [-0.05, 0) is 36.5 Å². The topological polar surface area (TPSA) is 20.3 Å². The van der Waals surface area contributed by atoms with Crippen molar-refractivity contribution in [3.05, 3.63) is 28.2 Å². The molecule has 0 saturated carbocycles. The third kappa shape index (κ3) is 2.89. The quantitative estimate of drug-likeness (QED) is 0.772. The van der Waals surface area contributed by atoms with Crippen molar-refractivity contribution in [2.45, 2.75) is 26.7 Å². The zero-order valence-electron chi connectivity index (χ0n) is 10.4. The van der Waals surface area contributed by atoms with Crippen molar-refractivity contribution >= 4 is 27.9 Å². The Morgan fingerprint density at radius 1 is 1.29 bits per heavy atom. The van der Waals surface area contributed by atoms with Gasteiger partial charge in [-0.2, -0.15) is 0 Å². The van der Waals surface area contributed by atoms with E-state index >= 15 is 0 Å². The predicted molar refractivity (Wildman–Crippen MR) is 74.8 cm³/mol. The summed E-state index contributed by atoms with van der Waals surface area (Å²) in [7, 11) is 0. The Labute approximate surface area is 111 Å². The normalized spacial score (nSPS) is 19.1. The van der Waals surface area contributed by atoms with E-state index in [4.69, 9.17) is 0 Å². The maximum atomic E-state index is 11.1. The van der Waals surface area contributed by atoms with E-state index in [1.54, 1.807) is 0 Å². The highest BCUT2D eigenvalue weighted by atomic mass is 79.9. The van der Waals surface area contributed by atoms with Gasteiger partial charge in [-0.25, -0.2) is 0 Å². The highest BCUT2D eigenvalue weighted by molar-refractivity contribution is 9.10. The van der Waals surface area contributed by atoms with Crippen molar-refractivity contribution in [2.24, 2.45) is 5.41 Å². The first kappa shape index (κ1) is 12.6. The number of aldehydes is 1. The van der Waals surface area contributed by atoms with Crippen LogP contribution in [0.3, 0.4) is 0 Å². The summed E-state index contributed by atoms with van der Waals surface area (Å²) in [6.07, 6.45) is 3.30. The zero-order chi connectivity index (χ0) is 12.5. The summed E-state index contributed by atoms with van der Waals surface area (Å²) in [6, 6.07) is 5.84. The van der Waals surface area contributed by atoms with Crippen LogP contribution in [0.1, 0.15) is 37.0 Å². The summed E-state index contributed by atoms with van der Waals surface area (Å²) in [4.78, 5) is 13.4. The van der Waals surface area contributed by atoms with E-state index in [2.05, 4.69) is 34.7 Å². The maximum Gasteiger partial charge on any atom is 0.152 e. The Balaban J connectivity index is 2.23.